The van der Waals surface area contributed by atoms with Gasteiger partial charge in [0.1, 0.15) is 22.2 Å². The molecule has 0 spiro atoms. The second-order valence-electron chi connectivity index (χ2n) is 5.11. The molecule has 0 fully saturated rings. The zero-order chi connectivity index (χ0) is 15.0. The number of ether oxygens (including phenoxy) is 1. The lowest BCUT2D eigenvalue weighted by Crippen LogP contribution is -2.26. The minimum absolute atomic E-state index is 0.163. The van der Waals surface area contributed by atoms with E-state index in [2.05, 4.69) is 31.3 Å². The zero-order valence-electron chi connectivity index (χ0n) is 12.6. The molecule has 0 aliphatic heterocycles. The van der Waals surface area contributed by atoms with Crippen molar-refractivity contribution in [1.82, 2.24) is 5.32 Å². The Morgan fingerprint density at radius 3 is 2.40 bits per heavy atom. The quantitative estimate of drug-likeness (QED) is 0.710. The Kier molecular flexibility index (Phi) is 7.02. The topological polar surface area (TPSA) is 55.4 Å². The fourth-order valence-corrected chi connectivity index (χ4v) is 2.27. The number of hydrogen-bond acceptors (Lipinski definition) is 4. The highest BCUT2D eigenvalue weighted by Crippen LogP contribution is 2.21. The molecule has 20 heavy (non-hydrogen) atoms. The highest BCUT2D eigenvalue weighted by Gasteiger charge is 2.03. The van der Waals surface area contributed by atoms with Gasteiger partial charge in [-0.15, -0.1) is 0 Å². The van der Waals surface area contributed by atoms with Crippen LogP contribution in [0.15, 0.2) is 24.3 Å². The molecule has 5 heteroatoms. The molecule has 0 saturated carbocycles. The third-order valence-electron chi connectivity index (χ3n) is 3.26. The van der Waals surface area contributed by atoms with E-state index in [1.807, 2.05) is 12.1 Å². The molecule has 0 bridgehead atoms. The van der Waals surface area contributed by atoms with E-state index < -0.39 is 9.84 Å². The number of hydrogen-bond donors (Lipinski definition) is 1. The van der Waals surface area contributed by atoms with E-state index in [1.165, 1.54) is 11.8 Å². The summed E-state index contributed by atoms with van der Waals surface area (Å²) in [5.74, 6) is 1.58. The van der Waals surface area contributed by atoms with Gasteiger partial charge in [-0.05, 0) is 30.0 Å². The molecular weight excluding hydrogens is 274 g/mol. The molecule has 1 aromatic carbocycles. The molecule has 1 N–H and O–H groups in total. The van der Waals surface area contributed by atoms with Gasteiger partial charge in [-0.3, -0.25) is 0 Å². The van der Waals surface area contributed by atoms with Gasteiger partial charge in [-0.1, -0.05) is 26.0 Å². The Bertz CT molecular complexity index is 482. The molecule has 114 valence electrons. The van der Waals surface area contributed by atoms with Gasteiger partial charge in [0.25, 0.3) is 0 Å². The molecule has 0 saturated heterocycles. The molecule has 1 aromatic rings. The lowest BCUT2D eigenvalue weighted by atomic mass is 9.99. The van der Waals surface area contributed by atoms with Crippen LogP contribution in [0.3, 0.4) is 0 Å². The van der Waals surface area contributed by atoms with E-state index in [0.29, 0.717) is 25.6 Å². The molecule has 1 rings (SSSR count). The van der Waals surface area contributed by atoms with E-state index in [0.717, 1.165) is 12.2 Å². The van der Waals surface area contributed by atoms with Crippen LogP contribution >= 0.6 is 0 Å². The Morgan fingerprint density at radius 1 is 1.20 bits per heavy atom. The van der Waals surface area contributed by atoms with Crippen LogP contribution in [0.25, 0.3) is 0 Å². The number of sulfone groups is 1. The van der Waals surface area contributed by atoms with Crippen LogP contribution in [0.4, 0.5) is 0 Å². The predicted molar refractivity (Wildman–Crippen MR) is 83.2 cm³/mol. The normalized spacial score (nSPS) is 13.2. The van der Waals surface area contributed by atoms with Crippen molar-refractivity contribution in [1.29, 1.82) is 0 Å². The largest absolute Gasteiger partial charge is 0.492 e. The van der Waals surface area contributed by atoms with Crippen molar-refractivity contribution in [3.63, 3.8) is 0 Å². The van der Waals surface area contributed by atoms with Crippen LogP contribution in [0.1, 0.15) is 31.7 Å². The number of rotatable bonds is 9. The van der Waals surface area contributed by atoms with Gasteiger partial charge in [0.15, 0.2) is 0 Å². The van der Waals surface area contributed by atoms with E-state index in [9.17, 15) is 8.42 Å². The molecule has 0 aliphatic carbocycles. The van der Waals surface area contributed by atoms with E-state index in [4.69, 9.17) is 4.74 Å². The van der Waals surface area contributed by atoms with E-state index >= 15 is 0 Å². The summed E-state index contributed by atoms with van der Waals surface area (Å²) in [6.07, 6.45) is 2.37. The summed E-state index contributed by atoms with van der Waals surface area (Å²) in [7, 11) is -2.88. The third-order valence-corrected chi connectivity index (χ3v) is 4.20. The highest BCUT2D eigenvalue weighted by molar-refractivity contribution is 7.90. The monoisotopic (exact) mass is 299 g/mol. The van der Waals surface area contributed by atoms with Gasteiger partial charge in [-0.2, -0.15) is 0 Å². The molecule has 0 heterocycles. The first-order valence-corrected chi connectivity index (χ1v) is 9.09. The third kappa shape index (κ3) is 6.91. The molecule has 0 amide bonds. The lowest BCUT2D eigenvalue weighted by Gasteiger charge is -2.11. The second-order valence-corrected chi connectivity index (χ2v) is 7.37. The molecule has 0 aromatic heterocycles. The van der Waals surface area contributed by atoms with Crippen molar-refractivity contribution in [2.45, 2.75) is 26.2 Å². The molecule has 0 aliphatic rings. The average Bonchev–Trinajstić information content (AvgIpc) is 2.41. The minimum Gasteiger partial charge on any atom is -0.492 e. The SMILES string of the molecule is CCC(C)c1ccc(OCCNCCS(C)(=O)=O)cc1. The number of benzene rings is 1. The maximum absolute atomic E-state index is 10.9. The first kappa shape index (κ1) is 17.0. The molecule has 1 atom stereocenters. The van der Waals surface area contributed by atoms with E-state index in [1.54, 1.807) is 0 Å². The summed E-state index contributed by atoms with van der Waals surface area (Å²) in [6, 6.07) is 8.16. The Balaban J connectivity index is 2.22. The molecule has 1 unspecified atom stereocenters. The van der Waals surface area contributed by atoms with Crippen LogP contribution in [0, 0.1) is 0 Å². The predicted octanol–water partition coefficient (Wildman–Crippen LogP) is 2.21. The van der Waals surface area contributed by atoms with Gasteiger partial charge >= 0.3 is 0 Å². The Hall–Kier alpha value is -1.07. The summed E-state index contributed by atoms with van der Waals surface area (Å²) in [5, 5.41) is 3.05. The maximum Gasteiger partial charge on any atom is 0.148 e. The molecule has 4 nitrogen and oxygen atoms in total. The summed E-state index contributed by atoms with van der Waals surface area (Å²) in [4.78, 5) is 0. The lowest BCUT2D eigenvalue weighted by molar-refractivity contribution is 0.315. The van der Waals surface area contributed by atoms with Gasteiger partial charge in [0.05, 0.1) is 5.75 Å². The fourth-order valence-electron chi connectivity index (χ4n) is 1.75. The van der Waals surface area contributed by atoms with Crippen LogP contribution in [-0.2, 0) is 9.84 Å². The Morgan fingerprint density at radius 2 is 1.85 bits per heavy atom. The van der Waals surface area contributed by atoms with Crippen molar-refractivity contribution in [3.05, 3.63) is 29.8 Å². The van der Waals surface area contributed by atoms with Gasteiger partial charge in [-0.25, -0.2) is 8.42 Å². The van der Waals surface area contributed by atoms with E-state index in [-0.39, 0.29) is 5.75 Å². The summed E-state index contributed by atoms with van der Waals surface area (Å²) < 4.78 is 27.4. The molecule has 0 radical (unpaired) electrons. The molecular formula is C15H25NO3S. The smallest absolute Gasteiger partial charge is 0.148 e. The van der Waals surface area contributed by atoms with Crippen molar-refractivity contribution in [2.24, 2.45) is 0 Å². The standard InChI is InChI=1S/C15H25NO3S/c1-4-13(2)14-5-7-15(8-6-14)19-11-9-16-10-12-20(3,17)18/h5-8,13,16H,4,9-12H2,1-3H3. The average molecular weight is 299 g/mol. The minimum atomic E-state index is -2.88. The van der Waals surface area contributed by atoms with Crippen LogP contribution in [0.5, 0.6) is 5.75 Å². The van der Waals surface area contributed by atoms with Crippen molar-refractivity contribution in [2.75, 3.05) is 31.7 Å². The second kappa shape index (κ2) is 8.27. The number of nitrogens with one attached hydrogen (secondary N) is 1. The van der Waals surface area contributed by atoms with Crippen LogP contribution < -0.4 is 10.1 Å². The maximum atomic E-state index is 10.9. The van der Waals surface area contributed by atoms with Crippen molar-refractivity contribution >= 4 is 9.84 Å². The van der Waals surface area contributed by atoms with Gasteiger partial charge < -0.3 is 10.1 Å². The first-order valence-electron chi connectivity index (χ1n) is 7.03. The zero-order valence-corrected chi connectivity index (χ0v) is 13.4. The van der Waals surface area contributed by atoms with Crippen molar-refractivity contribution in [3.8, 4) is 5.75 Å². The highest BCUT2D eigenvalue weighted by atomic mass is 32.2. The summed E-state index contributed by atoms with van der Waals surface area (Å²) in [5.41, 5.74) is 1.33. The van der Waals surface area contributed by atoms with Gasteiger partial charge in [0.2, 0.25) is 0 Å². The summed E-state index contributed by atoms with van der Waals surface area (Å²) >= 11 is 0. The van der Waals surface area contributed by atoms with Gasteiger partial charge in [0, 0.05) is 19.3 Å². The Labute approximate surface area is 122 Å². The fraction of sp³-hybridized carbons (Fsp3) is 0.600. The van der Waals surface area contributed by atoms with Crippen LogP contribution in [-0.4, -0.2) is 40.1 Å². The summed E-state index contributed by atoms with van der Waals surface area (Å²) in [6.45, 7) is 6.03. The first-order chi connectivity index (χ1) is 9.42. The van der Waals surface area contributed by atoms with Crippen molar-refractivity contribution < 1.29 is 13.2 Å². The van der Waals surface area contributed by atoms with Crippen LogP contribution in [0.2, 0.25) is 0 Å².